The van der Waals surface area contributed by atoms with Crippen molar-refractivity contribution in [1.82, 2.24) is 0 Å². The van der Waals surface area contributed by atoms with Gasteiger partial charge in [0.05, 0.1) is 0 Å². The van der Waals surface area contributed by atoms with Gasteiger partial charge in [-0.1, -0.05) is 38.5 Å². The second-order valence-corrected chi connectivity index (χ2v) is 5.32. The van der Waals surface area contributed by atoms with Crippen molar-refractivity contribution in [3.05, 3.63) is 59.2 Å². The fourth-order valence-corrected chi connectivity index (χ4v) is 2.79. The lowest BCUT2D eigenvalue weighted by Gasteiger charge is -2.21. The summed E-state index contributed by atoms with van der Waals surface area (Å²) >= 11 is 0. The van der Waals surface area contributed by atoms with Crippen LogP contribution in [0.2, 0.25) is 0 Å². The van der Waals surface area contributed by atoms with Crippen LogP contribution in [0.3, 0.4) is 0 Å². The number of nitrogens with two attached hydrogens (primary N) is 2. The summed E-state index contributed by atoms with van der Waals surface area (Å²) in [5.41, 5.74) is 17.5. The molecule has 0 saturated carbocycles. The molecule has 2 aromatic rings. The van der Waals surface area contributed by atoms with Gasteiger partial charge in [-0.3, -0.25) is 0 Å². The van der Waals surface area contributed by atoms with Gasteiger partial charge in [-0.2, -0.15) is 0 Å². The SMILES string of the molecule is CCCC(c1ccc(N)cc1)c1ccc(N)cc1CC. The Morgan fingerprint density at radius 3 is 2.15 bits per heavy atom. The molecule has 0 saturated heterocycles. The van der Waals surface area contributed by atoms with Gasteiger partial charge < -0.3 is 11.5 Å². The molecular weight excluding hydrogens is 244 g/mol. The van der Waals surface area contributed by atoms with Crippen molar-refractivity contribution < 1.29 is 0 Å². The molecule has 4 N–H and O–H groups in total. The summed E-state index contributed by atoms with van der Waals surface area (Å²) in [5.74, 6) is 0.427. The van der Waals surface area contributed by atoms with Crippen molar-refractivity contribution in [1.29, 1.82) is 0 Å². The summed E-state index contributed by atoms with van der Waals surface area (Å²) in [7, 11) is 0. The molecule has 0 spiro atoms. The van der Waals surface area contributed by atoms with E-state index in [1.165, 1.54) is 16.7 Å². The van der Waals surface area contributed by atoms with Crippen LogP contribution in [0.25, 0.3) is 0 Å². The first-order valence-corrected chi connectivity index (χ1v) is 7.39. The molecule has 0 aromatic heterocycles. The molecule has 1 atom stereocenters. The average molecular weight is 268 g/mol. The molecule has 2 aromatic carbocycles. The first kappa shape index (κ1) is 14.4. The highest BCUT2D eigenvalue weighted by molar-refractivity contribution is 5.49. The minimum absolute atomic E-state index is 0.427. The molecule has 1 unspecified atom stereocenters. The quantitative estimate of drug-likeness (QED) is 0.792. The van der Waals surface area contributed by atoms with Gasteiger partial charge in [-0.25, -0.2) is 0 Å². The summed E-state index contributed by atoms with van der Waals surface area (Å²) in [6.07, 6.45) is 3.30. The Bertz CT molecular complexity index is 558. The highest BCUT2D eigenvalue weighted by Crippen LogP contribution is 2.33. The number of nitrogen functional groups attached to an aromatic ring is 2. The van der Waals surface area contributed by atoms with Gasteiger partial charge in [-0.15, -0.1) is 0 Å². The number of rotatable bonds is 5. The van der Waals surface area contributed by atoms with Crippen molar-refractivity contribution in [2.75, 3.05) is 11.5 Å². The molecule has 20 heavy (non-hydrogen) atoms. The van der Waals surface area contributed by atoms with Crippen molar-refractivity contribution in [3.8, 4) is 0 Å². The van der Waals surface area contributed by atoms with E-state index in [0.717, 1.165) is 30.6 Å². The largest absolute Gasteiger partial charge is 0.399 e. The summed E-state index contributed by atoms with van der Waals surface area (Å²) in [5, 5.41) is 0. The van der Waals surface area contributed by atoms with Crippen LogP contribution in [-0.2, 0) is 6.42 Å². The Kier molecular flexibility index (Phi) is 4.67. The fraction of sp³-hybridized carbons (Fsp3) is 0.333. The molecule has 2 rings (SSSR count). The third-order valence-corrected chi connectivity index (χ3v) is 3.84. The van der Waals surface area contributed by atoms with E-state index >= 15 is 0 Å². The highest BCUT2D eigenvalue weighted by atomic mass is 14.5. The number of hydrogen-bond donors (Lipinski definition) is 2. The second kappa shape index (κ2) is 6.47. The molecular formula is C18H24N2. The lowest BCUT2D eigenvalue weighted by atomic mass is 9.84. The van der Waals surface area contributed by atoms with E-state index in [-0.39, 0.29) is 0 Å². The zero-order valence-corrected chi connectivity index (χ0v) is 12.4. The molecule has 0 fully saturated rings. The zero-order valence-electron chi connectivity index (χ0n) is 12.4. The second-order valence-electron chi connectivity index (χ2n) is 5.32. The van der Waals surface area contributed by atoms with Crippen LogP contribution >= 0.6 is 0 Å². The first-order chi connectivity index (χ1) is 9.65. The lowest BCUT2D eigenvalue weighted by Crippen LogP contribution is -2.05. The highest BCUT2D eigenvalue weighted by Gasteiger charge is 2.16. The molecule has 0 bridgehead atoms. The van der Waals surface area contributed by atoms with E-state index in [9.17, 15) is 0 Å². The van der Waals surface area contributed by atoms with Gasteiger partial charge in [0.25, 0.3) is 0 Å². The Balaban J connectivity index is 2.45. The molecule has 0 aliphatic heterocycles. The maximum Gasteiger partial charge on any atom is 0.0316 e. The van der Waals surface area contributed by atoms with Gasteiger partial charge in [-0.05, 0) is 53.8 Å². The monoisotopic (exact) mass is 268 g/mol. The number of hydrogen-bond acceptors (Lipinski definition) is 2. The fourth-order valence-electron chi connectivity index (χ4n) is 2.79. The topological polar surface area (TPSA) is 52.0 Å². The van der Waals surface area contributed by atoms with Crippen LogP contribution < -0.4 is 11.5 Å². The molecule has 0 heterocycles. The van der Waals surface area contributed by atoms with Crippen molar-refractivity contribution in [2.45, 2.75) is 39.0 Å². The van der Waals surface area contributed by atoms with Crippen molar-refractivity contribution in [2.24, 2.45) is 0 Å². The zero-order chi connectivity index (χ0) is 14.5. The average Bonchev–Trinajstić information content (AvgIpc) is 2.46. The normalized spacial score (nSPS) is 12.3. The molecule has 2 nitrogen and oxygen atoms in total. The summed E-state index contributed by atoms with van der Waals surface area (Å²) in [4.78, 5) is 0. The Hall–Kier alpha value is -1.96. The van der Waals surface area contributed by atoms with Crippen LogP contribution in [-0.4, -0.2) is 0 Å². The molecule has 0 aliphatic rings. The standard InChI is InChI=1S/C18H24N2/c1-3-5-17(14-6-8-15(19)9-7-14)18-11-10-16(20)12-13(18)4-2/h6-12,17H,3-5,19-20H2,1-2H3. The number of aryl methyl sites for hydroxylation is 1. The van der Waals surface area contributed by atoms with Gasteiger partial charge in [0.1, 0.15) is 0 Å². The van der Waals surface area contributed by atoms with E-state index < -0.39 is 0 Å². The van der Waals surface area contributed by atoms with Crippen LogP contribution in [0.1, 0.15) is 49.3 Å². The van der Waals surface area contributed by atoms with Crippen LogP contribution in [0.4, 0.5) is 11.4 Å². The molecule has 106 valence electrons. The van der Waals surface area contributed by atoms with E-state index in [4.69, 9.17) is 11.5 Å². The molecule has 0 amide bonds. The maximum absolute atomic E-state index is 5.92. The Labute approximate surface area is 121 Å². The predicted molar refractivity (Wildman–Crippen MR) is 87.8 cm³/mol. The molecule has 2 heteroatoms. The van der Waals surface area contributed by atoms with Crippen LogP contribution in [0.15, 0.2) is 42.5 Å². The molecule has 0 radical (unpaired) electrons. The number of anilines is 2. The van der Waals surface area contributed by atoms with Crippen molar-refractivity contribution >= 4 is 11.4 Å². The smallest absolute Gasteiger partial charge is 0.0316 e. The third kappa shape index (κ3) is 3.13. The van der Waals surface area contributed by atoms with Gasteiger partial charge >= 0.3 is 0 Å². The first-order valence-electron chi connectivity index (χ1n) is 7.39. The van der Waals surface area contributed by atoms with Crippen molar-refractivity contribution in [3.63, 3.8) is 0 Å². The van der Waals surface area contributed by atoms with Gasteiger partial charge in [0.2, 0.25) is 0 Å². The Morgan fingerprint density at radius 1 is 0.900 bits per heavy atom. The maximum atomic E-state index is 5.92. The third-order valence-electron chi connectivity index (χ3n) is 3.84. The van der Waals surface area contributed by atoms with Gasteiger partial charge in [0.15, 0.2) is 0 Å². The lowest BCUT2D eigenvalue weighted by molar-refractivity contribution is 0.692. The predicted octanol–water partition coefficient (Wildman–Crippen LogP) is 4.35. The van der Waals surface area contributed by atoms with Crippen LogP contribution in [0, 0.1) is 0 Å². The van der Waals surface area contributed by atoms with E-state index in [1.54, 1.807) is 0 Å². The van der Waals surface area contributed by atoms with Crippen LogP contribution in [0.5, 0.6) is 0 Å². The van der Waals surface area contributed by atoms with Gasteiger partial charge in [0, 0.05) is 17.3 Å². The minimum atomic E-state index is 0.427. The minimum Gasteiger partial charge on any atom is -0.399 e. The summed E-state index contributed by atoms with van der Waals surface area (Å²) < 4.78 is 0. The van der Waals surface area contributed by atoms with E-state index in [2.05, 4.69) is 38.1 Å². The van der Waals surface area contributed by atoms with E-state index in [1.807, 2.05) is 18.2 Å². The molecule has 0 aliphatic carbocycles. The van der Waals surface area contributed by atoms with E-state index in [0.29, 0.717) is 5.92 Å². The summed E-state index contributed by atoms with van der Waals surface area (Å²) in [6, 6.07) is 14.6. The summed E-state index contributed by atoms with van der Waals surface area (Å²) in [6.45, 7) is 4.41. The Morgan fingerprint density at radius 2 is 1.55 bits per heavy atom. The number of benzene rings is 2.